The minimum Gasteiger partial charge on any atom is -0.497 e. The summed E-state index contributed by atoms with van der Waals surface area (Å²) in [6.45, 7) is 7.55. The Morgan fingerprint density at radius 1 is 1.36 bits per heavy atom. The van der Waals surface area contributed by atoms with Crippen LogP contribution in [0.1, 0.15) is 31.2 Å². The van der Waals surface area contributed by atoms with Gasteiger partial charge in [0.25, 0.3) is 0 Å². The maximum Gasteiger partial charge on any atom is 0.223 e. The fourth-order valence-electron chi connectivity index (χ4n) is 4.12. The van der Waals surface area contributed by atoms with Crippen LogP contribution in [-0.4, -0.2) is 81.3 Å². The van der Waals surface area contributed by atoms with Crippen molar-refractivity contribution in [3.63, 3.8) is 0 Å². The van der Waals surface area contributed by atoms with Crippen molar-refractivity contribution in [1.82, 2.24) is 15.1 Å². The van der Waals surface area contributed by atoms with E-state index in [1.165, 1.54) is 0 Å². The van der Waals surface area contributed by atoms with E-state index in [9.17, 15) is 4.79 Å². The summed E-state index contributed by atoms with van der Waals surface area (Å²) in [4.78, 5) is 17.7. The minimum atomic E-state index is 0.276. The third-order valence-electron chi connectivity index (χ3n) is 5.77. The highest BCUT2D eigenvalue weighted by molar-refractivity contribution is 5.77. The van der Waals surface area contributed by atoms with E-state index in [-0.39, 0.29) is 5.91 Å². The highest BCUT2D eigenvalue weighted by Gasteiger charge is 2.25. The normalized spacial score (nSPS) is 20.7. The molecule has 28 heavy (non-hydrogen) atoms. The average Bonchev–Trinajstić information content (AvgIpc) is 2.76. The van der Waals surface area contributed by atoms with Crippen molar-refractivity contribution >= 4 is 5.91 Å². The molecule has 1 amide bonds. The fraction of sp³-hybridized carbons (Fsp3) is 0.682. The van der Waals surface area contributed by atoms with Crippen molar-refractivity contribution < 1.29 is 14.3 Å². The van der Waals surface area contributed by atoms with Gasteiger partial charge in [0.2, 0.25) is 5.91 Å². The summed E-state index contributed by atoms with van der Waals surface area (Å²) in [6.07, 6.45) is 4.60. The van der Waals surface area contributed by atoms with Gasteiger partial charge >= 0.3 is 0 Å². The van der Waals surface area contributed by atoms with E-state index in [1.54, 1.807) is 7.11 Å². The first kappa shape index (κ1) is 21.1. The van der Waals surface area contributed by atoms with Crippen LogP contribution in [-0.2, 0) is 16.0 Å². The van der Waals surface area contributed by atoms with E-state index in [4.69, 9.17) is 9.47 Å². The standard InChI is InChI=1S/C22H35N3O3/c1-27-21-7-2-5-19(17-21)8-9-22(26)25(20-6-3-10-23-18-20)12-4-11-24-13-15-28-16-14-24/h2,5,7,17,20,23H,3-4,6,8-16,18H2,1H3. The number of hydrogen-bond donors (Lipinski definition) is 1. The molecule has 1 aromatic rings. The number of amides is 1. The smallest absolute Gasteiger partial charge is 0.223 e. The first-order chi connectivity index (χ1) is 13.8. The number of methoxy groups -OCH3 is 1. The Labute approximate surface area is 169 Å². The quantitative estimate of drug-likeness (QED) is 0.699. The van der Waals surface area contributed by atoms with Crippen LogP contribution in [0.3, 0.4) is 0 Å². The average molecular weight is 390 g/mol. The second kappa shape index (κ2) is 11.4. The van der Waals surface area contributed by atoms with E-state index >= 15 is 0 Å². The number of hydrogen-bond acceptors (Lipinski definition) is 5. The zero-order valence-corrected chi connectivity index (χ0v) is 17.2. The molecule has 2 heterocycles. The van der Waals surface area contributed by atoms with Gasteiger partial charge in [-0.05, 0) is 49.9 Å². The Morgan fingerprint density at radius 3 is 2.96 bits per heavy atom. The number of morpholine rings is 1. The van der Waals surface area contributed by atoms with Crippen LogP contribution >= 0.6 is 0 Å². The Balaban J connectivity index is 1.52. The van der Waals surface area contributed by atoms with E-state index < -0.39 is 0 Å². The molecule has 1 atom stereocenters. The van der Waals surface area contributed by atoms with E-state index in [1.807, 2.05) is 18.2 Å². The first-order valence-corrected chi connectivity index (χ1v) is 10.7. The van der Waals surface area contributed by atoms with Crippen LogP contribution in [0.15, 0.2) is 24.3 Å². The van der Waals surface area contributed by atoms with Crippen molar-refractivity contribution in [3.05, 3.63) is 29.8 Å². The van der Waals surface area contributed by atoms with Crippen molar-refractivity contribution in [3.8, 4) is 5.75 Å². The summed E-state index contributed by atoms with van der Waals surface area (Å²) in [5.41, 5.74) is 1.16. The number of rotatable bonds is 9. The van der Waals surface area contributed by atoms with Crippen LogP contribution in [0.4, 0.5) is 0 Å². The van der Waals surface area contributed by atoms with Gasteiger partial charge in [-0.25, -0.2) is 0 Å². The SMILES string of the molecule is COc1cccc(CCC(=O)N(CCCN2CCOCC2)C2CCCNC2)c1. The van der Waals surface area contributed by atoms with Crippen LogP contribution in [0.5, 0.6) is 5.75 Å². The lowest BCUT2D eigenvalue weighted by Crippen LogP contribution is -2.49. The Morgan fingerprint density at radius 2 is 2.21 bits per heavy atom. The van der Waals surface area contributed by atoms with Crippen LogP contribution in [0.25, 0.3) is 0 Å². The molecule has 2 aliphatic rings. The number of benzene rings is 1. The highest BCUT2D eigenvalue weighted by Crippen LogP contribution is 2.17. The molecule has 3 rings (SSSR count). The molecule has 2 saturated heterocycles. The Bertz CT molecular complexity index is 598. The van der Waals surface area contributed by atoms with Gasteiger partial charge in [-0.3, -0.25) is 9.69 Å². The van der Waals surface area contributed by atoms with Crippen molar-refractivity contribution in [2.24, 2.45) is 0 Å². The summed E-state index contributed by atoms with van der Waals surface area (Å²) in [5, 5.41) is 3.46. The van der Waals surface area contributed by atoms with Gasteiger partial charge in [0.05, 0.1) is 20.3 Å². The number of carbonyl (C=O) groups is 1. The van der Waals surface area contributed by atoms with Gasteiger partial charge in [0.1, 0.15) is 5.75 Å². The molecule has 0 aromatic heterocycles. The lowest BCUT2D eigenvalue weighted by atomic mass is 10.0. The maximum absolute atomic E-state index is 13.1. The zero-order chi connectivity index (χ0) is 19.6. The topological polar surface area (TPSA) is 54.0 Å². The number of nitrogens with zero attached hydrogens (tertiary/aromatic N) is 2. The lowest BCUT2D eigenvalue weighted by Gasteiger charge is -2.36. The first-order valence-electron chi connectivity index (χ1n) is 10.7. The van der Waals surface area contributed by atoms with Gasteiger partial charge in [-0.15, -0.1) is 0 Å². The van der Waals surface area contributed by atoms with Gasteiger partial charge in [-0.1, -0.05) is 12.1 Å². The highest BCUT2D eigenvalue weighted by atomic mass is 16.5. The van der Waals surface area contributed by atoms with Crippen molar-refractivity contribution in [1.29, 1.82) is 0 Å². The van der Waals surface area contributed by atoms with Crippen LogP contribution in [0.2, 0.25) is 0 Å². The molecule has 156 valence electrons. The molecule has 6 nitrogen and oxygen atoms in total. The molecule has 1 aromatic carbocycles. The van der Waals surface area contributed by atoms with Crippen molar-refractivity contribution in [2.75, 3.05) is 59.6 Å². The molecule has 0 saturated carbocycles. The van der Waals surface area contributed by atoms with Gasteiger partial charge in [-0.2, -0.15) is 0 Å². The summed E-state index contributed by atoms with van der Waals surface area (Å²) < 4.78 is 10.7. The molecular formula is C22H35N3O3. The fourth-order valence-corrected chi connectivity index (χ4v) is 4.12. The van der Waals surface area contributed by atoms with Gasteiger partial charge in [0, 0.05) is 45.2 Å². The van der Waals surface area contributed by atoms with E-state index in [2.05, 4.69) is 21.2 Å². The molecule has 2 aliphatic heterocycles. The van der Waals surface area contributed by atoms with Crippen LogP contribution < -0.4 is 10.1 Å². The monoisotopic (exact) mass is 389 g/mol. The molecule has 2 fully saturated rings. The van der Waals surface area contributed by atoms with E-state index in [0.29, 0.717) is 12.5 Å². The second-order valence-electron chi connectivity index (χ2n) is 7.75. The molecule has 0 bridgehead atoms. The minimum absolute atomic E-state index is 0.276. The summed E-state index contributed by atoms with van der Waals surface area (Å²) >= 11 is 0. The molecule has 0 aliphatic carbocycles. The number of carbonyl (C=O) groups excluding carboxylic acids is 1. The van der Waals surface area contributed by atoms with Gasteiger partial charge < -0.3 is 19.7 Å². The predicted molar refractivity (Wildman–Crippen MR) is 111 cm³/mol. The lowest BCUT2D eigenvalue weighted by molar-refractivity contribution is -0.134. The molecule has 6 heteroatoms. The molecule has 0 radical (unpaired) electrons. The number of piperidine rings is 1. The third kappa shape index (κ3) is 6.47. The largest absolute Gasteiger partial charge is 0.497 e. The van der Waals surface area contributed by atoms with Crippen molar-refractivity contribution in [2.45, 2.75) is 38.1 Å². The van der Waals surface area contributed by atoms with Crippen LogP contribution in [0, 0.1) is 0 Å². The third-order valence-corrected chi connectivity index (χ3v) is 5.77. The molecule has 1 N–H and O–H groups in total. The Kier molecular flexibility index (Phi) is 8.58. The zero-order valence-electron chi connectivity index (χ0n) is 17.2. The number of ether oxygens (including phenoxy) is 2. The van der Waals surface area contributed by atoms with E-state index in [0.717, 1.165) is 89.5 Å². The molecule has 1 unspecified atom stereocenters. The van der Waals surface area contributed by atoms with Gasteiger partial charge in [0.15, 0.2) is 0 Å². The summed E-state index contributed by atoms with van der Waals surface area (Å²) in [7, 11) is 1.68. The maximum atomic E-state index is 13.1. The molecular weight excluding hydrogens is 354 g/mol. The molecule has 0 spiro atoms. The summed E-state index contributed by atoms with van der Waals surface area (Å²) in [5.74, 6) is 1.13. The predicted octanol–water partition coefficient (Wildman–Crippen LogP) is 1.93. The number of nitrogens with one attached hydrogen (secondary N) is 1. The Hall–Kier alpha value is -1.63. The number of aryl methyl sites for hydroxylation is 1. The second-order valence-corrected chi connectivity index (χ2v) is 7.75. The summed E-state index contributed by atoms with van der Waals surface area (Å²) in [6, 6.07) is 8.36.